The van der Waals surface area contributed by atoms with E-state index in [4.69, 9.17) is 0 Å². The van der Waals surface area contributed by atoms with Crippen molar-refractivity contribution in [2.75, 3.05) is 19.8 Å². The van der Waals surface area contributed by atoms with Crippen LogP contribution in [-0.4, -0.2) is 32.6 Å². The van der Waals surface area contributed by atoms with E-state index in [-0.39, 0.29) is 6.54 Å². The summed E-state index contributed by atoms with van der Waals surface area (Å²) in [7, 11) is -1.54. The quantitative estimate of drug-likeness (QED) is 0.530. The van der Waals surface area contributed by atoms with E-state index in [0.29, 0.717) is 0 Å². The van der Waals surface area contributed by atoms with Crippen molar-refractivity contribution in [1.29, 1.82) is 0 Å². The van der Waals surface area contributed by atoms with Gasteiger partial charge in [0.05, 0.1) is 12.8 Å². The maximum absolute atomic E-state index is 10.7. The highest BCUT2D eigenvalue weighted by molar-refractivity contribution is 7.88. The minimum Gasteiger partial charge on any atom is -0.212 e. The van der Waals surface area contributed by atoms with Crippen LogP contribution in [0.2, 0.25) is 0 Å². The lowest BCUT2D eigenvalue weighted by Gasteiger charge is -2.08. The highest BCUT2D eigenvalue weighted by Crippen LogP contribution is 1.89. The van der Waals surface area contributed by atoms with Gasteiger partial charge in [-0.2, -0.15) is 4.31 Å². The molecule has 0 spiro atoms. The molecule has 0 bridgehead atoms. The van der Waals surface area contributed by atoms with Crippen molar-refractivity contribution < 1.29 is 8.42 Å². The van der Waals surface area contributed by atoms with Crippen molar-refractivity contribution >= 4 is 10.0 Å². The van der Waals surface area contributed by atoms with Gasteiger partial charge >= 0.3 is 0 Å². The number of rotatable bonds is 2. The summed E-state index contributed by atoms with van der Waals surface area (Å²) in [6.45, 7) is 1.95. The fourth-order valence-corrected chi connectivity index (χ4v) is 0.607. The molecule has 0 aromatic rings. The van der Waals surface area contributed by atoms with Gasteiger partial charge in [-0.25, -0.2) is 8.42 Å². The monoisotopic (exact) mass is 161 g/mol. The number of hydrogen-bond donors (Lipinski definition) is 0. The van der Waals surface area contributed by atoms with Crippen LogP contribution in [0.1, 0.15) is 6.92 Å². The number of sulfonamides is 1. The van der Waals surface area contributed by atoms with E-state index in [2.05, 4.69) is 11.8 Å². The Balaban J connectivity index is 4.08. The first-order chi connectivity index (χ1) is 4.48. The zero-order valence-electron chi connectivity index (χ0n) is 6.38. The van der Waals surface area contributed by atoms with Gasteiger partial charge in [0.25, 0.3) is 0 Å². The summed E-state index contributed by atoms with van der Waals surface area (Å²) >= 11 is 0. The molecule has 0 fully saturated rings. The lowest BCUT2D eigenvalue weighted by Crippen LogP contribution is -2.25. The second-order valence-corrected chi connectivity index (χ2v) is 4.04. The van der Waals surface area contributed by atoms with Crippen LogP contribution in [-0.2, 0) is 10.0 Å². The lowest BCUT2D eigenvalue weighted by molar-refractivity contribution is 0.509. The molecule has 0 radical (unpaired) electrons. The molecular weight excluding hydrogens is 150 g/mol. The van der Waals surface area contributed by atoms with E-state index >= 15 is 0 Å². The molecule has 0 atom stereocenters. The highest BCUT2D eigenvalue weighted by Gasteiger charge is 2.07. The van der Waals surface area contributed by atoms with Gasteiger partial charge in [0.1, 0.15) is 0 Å². The van der Waals surface area contributed by atoms with Gasteiger partial charge in [0, 0.05) is 7.05 Å². The second kappa shape index (κ2) is 3.59. The SMILES string of the molecule is CC#CCN(C)S(C)(=O)=O. The van der Waals surface area contributed by atoms with E-state index in [1.54, 1.807) is 6.92 Å². The fraction of sp³-hybridized carbons (Fsp3) is 0.667. The van der Waals surface area contributed by atoms with Crippen molar-refractivity contribution in [3.8, 4) is 11.8 Å². The molecule has 0 saturated heterocycles. The third kappa shape index (κ3) is 3.49. The Morgan fingerprint density at radius 2 is 2.00 bits per heavy atom. The Kier molecular flexibility index (Phi) is 3.40. The standard InChI is InChI=1S/C6H11NO2S/c1-4-5-6-7(2)10(3,8)9/h6H2,1-3H3. The molecule has 4 heteroatoms. The van der Waals surface area contributed by atoms with Crippen LogP contribution in [0.3, 0.4) is 0 Å². The van der Waals surface area contributed by atoms with Gasteiger partial charge < -0.3 is 0 Å². The first kappa shape index (κ1) is 9.47. The summed E-state index contributed by atoms with van der Waals surface area (Å²) in [6.07, 6.45) is 1.16. The molecule has 3 nitrogen and oxygen atoms in total. The topological polar surface area (TPSA) is 37.4 Å². The van der Waals surface area contributed by atoms with Crippen LogP contribution < -0.4 is 0 Å². The van der Waals surface area contributed by atoms with Crippen LogP contribution in [0.4, 0.5) is 0 Å². The predicted molar refractivity (Wildman–Crippen MR) is 40.9 cm³/mol. The van der Waals surface area contributed by atoms with Crippen LogP contribution in [0.5, 0.6) is 0 Å². The molecule has 10 heavy (non-hydrogen) atoms. The molecular formula is C6H11NO2S. The van der Waals surface area contributed by atoms with E-state index < -0.39 is 10.0 Å². The van der Waals surface area contributed by atoms with Gasteiger partial charge in [-0.1, -0.05) is 5.92 Å². The van der Waals surface area contributed by atoms with Crippen molar-refractivity contribution in [2.45, 2.75) is 6.92 Å². The van der Waals surface area contributed by atoms with Crippen molar-refractivity contribution in [3.63, 3.8) is 0 Å². The number of hydrogen-bond acceptors (Lipinski definition) is 2. The molecule has 0 aliphatic carbocycles. The summed E-state index contributed by atoms with van der Waals surface area (Å²) in [6, 6.07) is 0. The molecule has 0 aliphatic rings. The Morgan fingerprint density at radius 1 is 1.50 bits per heavy atom. The third-order valence-electron chi connectivity index (χ3n) is 1.04. The Hall–Kier alpha value is -0.530. The summed E-state index contributed by atoms with van der Waals surface area (Å²) in [5, 5.41) is 0. The number of nitrogens with zero attached hydrogens (tertiary/aromatic N) is 1. The average molecular weight is 161 g/mol. The van der Waals surface area contributed by atoms with Crippen molar-refractivity contribution in [3.05, 3.63) is 0 Å². The first-order valence-corrected chi connectivity index (χ1v) is 4.64. The molecule has 0 aromatic carbocycles. The zero-order valence-corrected chi connectivity index (χ0v) is 7.20. The summed E-state index contributed by atoms with van der Waals surface area (Å²) in [4.78, 5) is 0. The average Bonchev–Trinajstić information content (AvgIpc) is 1.80. The van der Waals surface area contributed by atoms with E-state index in [1.165, 1.54) is 11.4 Å². The maximum Gasteiger partial charge on any atom is 0.211 e. The second-order valence-electron chi connectivity index (χ2n) is 1.95. The molecule has 0 saturated carbocycles. The van der Waals surface area contributed by atoms with Crippen LogP contribution in [0, 0.1) is 11.8 Å². The molecule has 0 unspecified atom stereocenters. The van der Waals surface area contributed by atoms with E-state index in [9.17, 15) is 8.42 Å². The molecule has 58 valence electrons. The lowest BCUT2D eigenvalue weighted by atomic mass is 10.6. The van der Waals surface area contributed by atoms with Crippen LogP contribution in [0.25, 0.3) is 0 Å². The van der Waals surface area contributed by atoms with Gasteiger partial charge in [0.2, 0.25) is 10.0 Å². The maximum atomic E-state index is 10.7. The van der Waals surface area contributed by atoms with Gasteiger partial charge in [0.15, 0.2) is 0 Å². The summed E-state index contributed by atoms with van der Waals surface area (Å²) in [5.41, 5.74) is 0. The zero-order chi connectivity index (χ0) is 8.20. The molecule has 0 heterocycles. The first-order valence-electron chi connectivity index (χ1n) is 2.79. The van der Waals surface area contributed by atoms with Crippen LogP contribution in [0.15, 0.2) is 0 Å². The van der Waals surface area contributed by atoms with Gasteiger partial charge in [-0.15, -0.1) is 5.92 Å². The molecule has 0 amide bonds. The van der Waals surface area contributed by atoms with E-state index in [1.807, 2.05) is 0 Å². The Bertz CT molecular complexity index is 245. The predicted octanol–water partition coefficient (Wildman–Crippen LogP) is -0.0989. The summed E-state index contributed by atoms with van der Waals surface area (Å²) < 4.78 is 22.6. The fourth-order valence-electron chi connectivity index (χ4n) is 0.308. The van der Waals surface area contributed by atoms with Gasteiger partial charge in [-0.3, -0.25) is 0 Å². The van der Waals surface area contributed by atoms with E-state index in [0.717, 1.165) is 6.26 Å². The normalized spacial score (nSPS) is 10.8. The highest BCUT2D eigenvalue weighted by atomic mass is 32.2. The molecule has 0 aliphatic heterocycles. The molecule has 0 aromatic heterocycles. The van der Waals surface area contributed by atoms with Crippen molar-refractivity contribution in [1.82, 2.24) is 4.31 Å². The van der Waals surface area contributed by atoms with Crippen molar-refractivity contribution in [2.24, 2.45) is 0 Å². The minimum atomic E-state index is -3.04. The Morgan fingerprint density at radius 3 is 2.30 bits per heavy atom. The summed E-state index contributed by atoms with van der Waals surface area (Å²) in [5.74, 6) is 5.27. The Labute approximate surface area is 62.1 Å². The molecule has 0 rings (SSSR count). The van der Waals surface area contributed by atoms with Crippen LogP contribution >= 0.6 is 0 Å². The largest absolute Gasteiger partial charge is 0.212 e. The smallest absolute Gasteiger partial charge is 0.211 e. The third-order valence-corrected chi connectivity index (χ3v) is 2.31. The molecule has 0 N–H and O–H groups in total. The van der Waals surface area contributed by atoms with Gasteiger partial charge in [-0.05, 0) is 6.92 Å². The minimum absolute atomic E-state index is 0.273.